The van der Waals surface area contributed by atoms with Crippen LogP contribution < -0.4 is 4.90 Å². The Hall–Kier alpha value is -2.40. The summed E-state index contributed by atoms with van der Waals surface area (Å²) < 4.78 is 15.2. The van der Waals surface area contributed by atoms with Crippen LogP contribution in [0, 0.1) is 11.7 Å². The quantitative estimate of drug-likeness (QED) is 0.717. The van der Waals surface area contributed by atoms with Crippen molar-refractivity contribution in [1.29, 1.82) is 0 Å². The van der Waals surface area contributed by atoms with Crippen LogP contribution in [0.5, 0.6) is 0 Å². The van der Waals surface area contributed by atoms with Gasteiger partial charge in [0.2, 0.25) is 0 Å². The van der Waals surface area contributed by atoms with Crippen molar-refractivity contribution in [1.82, 2.24) is 14.7 Å². The summed E-state index contributed by atoms with van der Waals surface area (Å²) >= 11 is 0. The highest BCUT2D eigenvalue weighted by Gasteiger charge is 2.27. The summed E-state index contributed by atoms with van der Waals surface area (Å²) in [5.74, 6) is 1.76. The molecule has 0 atom stereocenters. The van der Waals surface area contributed by atoms with Gasteiger partial charge in [-0.2, -0.15) is 0 Å². The maximum atomic E-state index is 13.3. The fraction of sp³-hybridized carbons (Fsp3) is 0.381. The van der Waals surface area contributed by atoms with Crippen LogP contribution in [0.25, 0.3) is 16.6 Å². The van der Waals surface area contributed by atoms with Gasteiger partial charge in [-0.05, 0) is 55.2 Å². The maximum Gasteiger partial charge on any atom is 0.159 e. The molecule has 1 saturated heterocycles. The second-order valence-corrected chi connectivity index (χ2v) is 7.46. The molecule has 0 bridgehead atoms. The molecule has 1 saturated carbocycles. The molecule has 134 valence electrons. The van der Waals surface area contributed by atoms with Crippen LogP contribution in [-0.4, -0.2) is 47.4 Å². The Bertz CT molecular complexity index is 905. The first kappa shape index (κ1) is 15.8. The van der Waals surface area contributed by atoms with Gasteiger partial charge in [-0.15, -0.1) is 5.10 Å². The fourth-order valence-corrected chi connectivity index (χ4v) is 3.87. The average molecular weight is 350 g/mol. The molecule has 2 aromatic carbocycles. The lowest BCUT2D eigenvalue weighted by Crippen LogP contribution is -2.47. The van der Waals surface area contributed by atoms with E-state index in [-0.39, 0.29) is 5.82 Å². The minimum Gasteiger partial charge on any atom is -0.352 e. The Labute approximate surface area is 152 Å². The predicted octanol–water partition coefficient (Wildman–Crippen LogP) is 3.70. The molecule has 4 nitrogen and oxygen atoms in total. The molecule has 0 radical (unpaired) electrons. The number of nitrogens with zero attached hydrogens (tertiary/aromatic N) is 4. The molecule has 0 N–H and O–H groups in total. The van der Waals surface area contributed by atoms with E-state index in [0.29, 0.717) is 0 Å². The zero-order valence-electron chi connectivity index (χ0n) is 14.8. The van der Waals surface area contributed by atoms with Crippen LogP contribution in [0.2, 0.25) is 0 Å². The molecule has 0 amide bonds. The highest BCUT2D eigenvalue weighted by Crippen LogP contribution is 2.32. The molecule has 1 aliphatic heterocycles. The molecule has 2 aliphatic rings. The molecule has 0 unspecified atom stereocenters. The first-order chi connectivity index (χ1) is 12.8. The van der Waals surface area contributed by atoms with E-state index in [9.17, 15) is 4.39 Å². The van der Waals surface area contributed by atoms with Crippen LogP contribution in [-0.2, 0) is 0 Å². The number of hydrogen-bond acceptors (Lipinski definition) is 3. The molecular weight excluding hydrogens is 327 g/mol. The van der Waals surface area contributed by atoms with E-state index in [1.54, 1.807) is 12.1 Å². The fourth-order valence-electron chi connectivity index (χ4n) is 3.87. The zero-order chi connectivity index (χ0) is 17.5. The summed E-state index contributed by atoms with van der Waals surface area (Å²) in [6.07, 6.45) is 2.82. The first-order valence-corrected chi connectivity index (χ1v) is 9.49. The van der Waals surface area contributed by atoms with Crippen molar-refractivity contribution in [3.8, 4) is 5.69 Å². The van der Waals surface area contributed by atoms with E-state index in [4.69, 9.17) is 5.10 Å². The van der Waals surface area contributed by atoms with Crippen molar-refractivity contribution >= 4 is 16.7 Å². The second-order valence-electron chi connectivity index (χ2n) is 7.46. The van der Waals surface area contributed by atoms with E-state index in [1.165, 1.54) is 31.5 Å². The number of piperazine rings is 1. The molecule has 5 rings (SSSR count). The molecule has 1 aromatic heterocycles. The number of halogens is 1. The van der Waals surface area contributed by atoms with Gasteiger partial charge in [0.05, 0.1) is 11.2 Å². The van der Waals surface area contributed by atoms with Crippen molar-refractivity contribution < 1.29 is 4.39 Å². The van der Waals surface area contributed by atoms with Crippen LogP contribution in [0.15, 0.2) is 48.5 Å². The Morgan fingerprint density at radius 1 is 0.923 bits per heavy atom. The van der Waals surface area contributed by atoms with Gasteiger partial charge >= 0.3 is 0 Å². The summed E-state index contributed by atoms with van der Waals surface area (Å²) in [5.41, 5.74) is 1.95. The Kier molecular flexibility index (Phi) is 3.89. The first-order valence-electron chi connectivity index (χ1n) is 9.49. The highest BCUT2D eigenvalue weighted by atomic mass is 19.1. The Morgan fingerprint density at radius 2 is 1.65 bits per heavy atom. The van der Waals surface area contributed by atoms with Crippen LogP contribution >= 0.6 is 0 Å². The van der Waals surface area contributed by atoms with Gasteiger partial charge in [0.15, 0.2) is 5.82 Å². The van der Waals surface area contributed by atoms with E-state index in [1.807, 2.05) is 10.7 Å². The van der Waals surface area contributed by atoms with Crippen LogP contribution in [0.3, 0.4) is 0 Å². The molecular formula is C21H23FN4. The van der Waals surface area contributed by atoms with Crippen molar-refractivity contribution in [3.05, 3.63) is 54.3 Å². The van der Waals surface area contributed by atoms with Gasteiger partial charge in [-0.3, -0.25) is 4.90 Å². The Balaban J connectivity index is 1.45. The molecule has 2 heterocycles. The van der Waals surface area contributed by atoms with E-state index in [0.717, 1.165) is 54.5 Å². The van der Waals surface area contributed by atoms with Gasteiger partial charge in [0, 0.05) is 38.1 Å². The third-order valence-corrected chi connectivity index (χ3v) is 5.52. The van der Waals surface area contributed by atoms with Crippen molar-refractivity contribution in [2.45, 2.75) is 12.8 Å². The van der Waals surface area contributed by atoms with Gasteiger partial charge in [0.25, 0.3) is 0 Å². The maximum absolute atomic E-state index is 13.3. The minimum atomic E-state index is -0.225. The average Bonchev–Trinajstić information content (AvgIpc) is 3.41. The zero-order valence-corrected chi connectivity index (χ0v) is 14.8. The Morgan fingerprint density at radius 3 is 2.38 bits per heavy atom. The molecule has 5 heteroatoms. The lowest BCUT2D eigenvalue weighted by atomic mass is 10.2. The van der Waals surface area contributed by atoms with Gasteiger partial charge in [0.1, 0.15) is 5.82 Å². The van der Waals surface area contributed by atoms with Gasteiger partial charge in [-0.25, -0.2) is 9.07 Å². The largest absolute Gasteiger partial charge is 0.352 e. The standard InChI is InChI=1S/C21H23FN4/c22-17-7-9-18(10-8-17)26-20-4-2-1-3-19(20)21(23-26)25-13-11-24(12-14-25)15-16-5-6-16/h1-4,7-10,16H,5-6,11-15H2. The molecule has 2 fully saturated rings. The lowest BCUT2D eigenvalue weighted by molar-refractivity contribution is 0.247. The predicted molar refractivity (Wildman–Crippen MR) is 102 cm³/mol. The number of anilines is 1. The number of rotatable bonds is 4. The van der Waals surface area contributed by atoms with Crippen LogP contribution in [0.1, 0.15) is 12.8 Å². The van der Waals surface area contributed by atoms with Crippen molar-refractivity contribution in [3.63, 3.8) is 0 Å². The van der Waals surface area contributed by atoms with Crippen molar-refractivity contribution in [2.24, 2.45) is 5.92 Å². The summed E-state index contributed by atoms with van der Waals surface area (Å²) in [7, 11) is 0. The summed E-state index contributed by atoms with van der Waals surface area (Å²) in [6, 6.07) is 14.8. The van der Waals surface area contributed by atoms with E-state index < -0.39 is 0 Å². The molecule has 1 aliphatic carbocycles. The minimum absolute atomic E-state index is 0.225. The molecule has 26 heavy (non-hydrogen) atoms. The van der Waals surface area contributed by atoms with Crippen molar-refractivity contribution in [2.75, 3.05) is 37.6 Å². The number of aromatic nitrogens is 2. The number of para-hydroxylation sites is 1. The van der Waals surface area contributed by atoms with Crippen LogP contribution in [0.4, 0.5) is 10.2 Å². The smallest absolute Gasteiger partial charge is 0.159 e. The number of benzene rings is 2. The third-order valence-electron chi connectivity index (χ3n) is 5.52. The van der Waals surface area contributed by atoms with E-state index in [2.05, 4.69) is 28.0 Å². The second kappa shape index (κ2) is 6.40. The van der Waals surface area contributed by atoms with Gasteiger partial charge < -0.3 is 4.90 Å². The monoisotopic (exact) mass is 350 g/mol. The summed E-state index contributed by atoms with van der Waals surface area (Å²) in [6.45, 7) is 5.50. The van der Waals surface area contributed by atoms with Gasteiger partial charge in [-0.1, -0.05) is 12.1 Å². The van der Waals surface area contributed by atoms with E-state index >= 15 is 0 Å². The number of fused-ring (bicyclic) bond motifs is 1. The summed E-state index contributed by atoms with van der Waals surface area (Å²) in [5, 5.41) is 6.07. The topological polar surface area (TPSA) is 24.3 Å². The normalized spacial score (nSPS) is 18.6. The lowest BCUT2D eigenvalue weighted by Gasteiger charge is -2.35. The summed E-state index contributed by atoms with van der Waals surface area (Å²) in [4.78, 5) is 4.99. The third kappa shape index (κ3) is 2.97. The molecule has 0 spiro atoms. The highest BCUT2D eigenvalue weighted by molar-refractivity contribution is 5.91. The number of hydrogen-bond donors (Lipinski definition) is 0. The SMILES string of the molecule is Fc1ccc(-n2nc(N3CCN(CC4CC4)CC3)c3ccccc32)cc1. The molecule has 3 aromatic rings.